The van der Waals surface area contributed by atoms with Crippen LogP contribution in [0.25, 0.3) is 0 Å². The van der Waals surface area contributed by atoms with Gasteiger partial charge in [0.15, 0.2) is 23.0 Å². The molecule has 26 heavy (non-hydrogen) atoms. The van der Waals surface area contributed by atoms with Crippen molar-refractivity contribution in [3.05, 3.63) is 47.5 Å². The lowest BCUT2D eigenvalue weighted by atomic mass is 9.76. The number of rotatable bonds is 8. The van der Waals surface area contributed by atoms with Crippen LogP contribution in [0.4, 0.5) is 0 Å². The lowest BCUT2D eigenvalue weighted by Gasteiger charge is -2.30. The van der Waals surface area contributed by atoms with E-state index in [1.54, 1.807) is 19.2 Å². The molecule has 0 bridgehead atoms. The van der Waals surface area contributed by atoms with Gasteiger partial charge in [0.05, 0.1) is 14.2 Å². The quantitative estimate of drug-likeness (QED) is 0.740. The first-order valence-corrected chi connectivity index (χ1v) is 8.65. The average molecular weight is 360 g/mol. The normalized spacial score (nSPS) is 13.5. The molecule has 2 N–H and O–H groups in total. The molecule has 142 valence electrons. The van der Waals surface area contributed by atoms with Crippen LogP contribution in [-0.2, 0) is 4.74 Å². The summed E-state index contributed by atoms with van der Waals surface area (Å²) in [6.45, 7) is 4.96. The van der Waals surface area contributed by atoms with Crippen molar-refractivity contribution in [3.63, 3.8) is 0 Å². The first-order valence-electron chi connectivity index (χ1n) is 8.65. The molecule has 2 aromatic rings. The summed E-state index contributed by atoms with van der Waals surface area (Å²) in [6.07, 6.45) is 0. The maximum Gasteiger partial charge on any atom is 0.160 e. The van der Waals surface area contributed by atoms with Gasteiger partial charge in [-0.1, -0.05) is 26.0 Å². The van der Waals surface area contributed by atoms with Crippen molar-refractivity contribution in [3.8, 4) is 23.0 Å². The van der Waals surface area contributed by atoms with Crippen LogP contribution in [0.1, 0.15) is 30.9 Å². The number of methoxy groups -OCH3 is 3. The van der Waals surface area contributed by atoms with E-state index in [9.17, 15) is 10.2 Å². The molecular formula is C21H28O5. The lowest BCUT2D eigenvalue weighted by Crippen LogP contribution is -2.22. The van der Waals surface area contributed by atoms with Crippen LogP contribution in [0.3, 0.4) is 0 Å². The molecule has 0 fully saturated rings. The standard InChI is InChI=1S/C21H28O5/c1-13(12-24-3)14(2)21(15-6-8-17(22)19(10-15)25-4)16-7-9-18(23)20(11-16)26-5/h6-11,13-14,21-23H,12H2,1-5H3/t13-,14+/m1/s1. The number of aromatic hydroxyl groups is 2. The molecule has 0 spiro atoms. The summed E-state index contributed by atoms with van der Waals surface area (Å²) in [7, 11) is 4.77. The van der Waals surface area contributed by atoms with Gasteiger partial charge in [-0.05, 0) is 47.2 Å². The Morgan fingerprint density at radius 3 is 1.65 bits per heavy atom. The Labute approximate surface area is 155 Å². The fraction of sp³-hybridized carbons (Fsp3) is 0.429. The number of benzene rings is 2. The van der Waals surface area contributed by atoms with E-state index in [1.807, 2.05) is 24.3 Å². The Bertz CT molecular complexity index is 675. The van der Waals surface area contributed by atoms with Gasteiger partial charge in [0.1, 0.15) is 0 Å². The first-order chi connectivity index (χ1) is 12.4. The highest BCUT2D eigenvalue weighted by Crippen LogP contribution is 2.41. The van der Waals surface area contributed by atoms with Crippen LogP contribution in [0.2, 0.25) is 0 Å². The highest BCUT2D eigenvalue weighted by molar-refractivity contribution is 5.49. The minimum atomic E-state index is 0.0177. The van der Waals surface area contributed by atoms with Gasteiger partial charge >= 0.3 is 0 Å². The third-order valence-corrected chi connectivity index (χ3v) is 4.98. The van der Waals surface area contributed by atoms with E-state index in [0.717, 1.165) is 11.1 Å². The monoisotopic (exact) mass is 360 g/mol. The second-order valence-corrected chi connectivity index (χ2v) is 6.63. The Balaban J connectivity index is 2.55. The van der Waals surface area contributed by atoms with Crippen molar-refractivity contribution in [1.82, 2.24) is 0 Å². The zero-order valence-electron chi connectivity index (χ0n) is 16.0. The number of phenols is 2. The molecule has 0 aliphatic carbocycles. The Morgan fingerprint density at radius 2 is 1.27 bits per heavy atom. The third kappa shape index (κ3) is 4.22. The number of hydrogen-bond acceptors (Lipinski definition) is 5. The van der Waals surface area contributed by atoms with Gasteiger partial charge in [-0.3, -0.25) is 0 Å². The van der Waals surface area contributed by atoms with Crippen LogP contribution in [0.5, 0.6) is 23.0 Å². The zero-order chi connectivity index (χ0) is 19.3. The Kier molecular flexibility index (Phi) is 6.75. The highest BCUT2D eigenvalue weighted by atomic mass is 16.5. The molecule has 0 saturated heterocycles. The summed E-state index contributed by atoms with van der Waals surface area (Å²) in [5.41, 5.74) is 2.03. The second-order valence-electron chi connectivity index (χ2n) is 6.63. The van der Waals surface area contributed by atoms with Gasteiger partial charge < -0.3 is 24.4 Å². The molecule has 0 saturated carbocycles. The minimum absolute atomic E-state index is 0.0177. The fourth-order valence-electron chi connectivity index (χ4n) is 3.32. The Morgan fingerprint density at radius 1 is 0.808 bits per heavy atom. The third-order valence-electron chi connectivity index (χ3n) is 4.98. The van der Waals surface area contributed by atoms with Crippen molar-refractivity contribution >= 4 is 0 Å². The molecule has 0 unspecified atom stereocenters. The van der Waals surface area contributed by atoms with Crippen LogP contribution in [0.15, 0.2) is 36.4 Å². The number of phenolic OH excluding ortho intramolecular Hbond substituents is 2. The summed E-state index contributed by atoms with van der Waals surface area (Å²) in [5, 5.41) is 19.9. The van der Waals surface area contributed by atoms with Gasteiger partial charge in [0.25, 0.3) is 0 Å². The predicted molar refractivity (Wildman–Crippen MR) is 101 cm³/mol. The minimum Gasteiger partial charge on any atom is -0.504 e. The van der Waals surface area contributed by atoms with Gasteiger partial charge in [-0.25, -0.2) is 0 Å². The molecule has 5 heteroatoms. The second kappa shape index (κ2) is 8.81. The van der Waals surface area contributed by atoms with E-state index in [-0.39, 0.29) is 23.3 Å². The average Bonchev–Trinajstić information content (AvgIpc) is 2.64. The van der Waals surface area contributed by atoms with Crippen LogP contribution < -0.4 is 9.47 Å². The van der Waals surface area contributed by atoms with E-state index >= 15 is 0 Å². The molecule has 0 aliphatic rings. The fourth-order valence-corrected chi connectivity index (χ4v) is 3.32. The Hall–Kier alpha value is -2.40. The maximum atomic E-state index is 9.94. The summed E-state index contributed by atoms with van der Waals surface area (Å²) >= 11 is 0. The van der Waals surface area contributed by atoms with Crippen LogP contribution >= 0.6 is 0 Å². The predicted octanol–water partition coefficient (Wildman–Crippen LogP) is 4.17. The van der Waals surface area contributed by atoms with E-state index in [0.29, 0.717) is 24.0 Å². The smallest absolute Gasteiger partial charge is 0.160 e. The van der Waals surface area contributed by atoms with Gasteiger partial charge in [-0.2, -0.15) is 0 Å². The molecule has 0 amide bonds. The van der Waals surface area contributed by atoms with Crippen molar-refractivity contribution in [1.29, 1.82) is 0 Å². The number of hydrogen-bond donors (Lipinski definition) is 2. The molecule has 0 aromatic heterocycles. The molecular weight excluding hydrogens is 332 g/mol. The van der Waals surface area contributed by atoms with E-state index < -0.39 is 0 Å². The van der Waals surface area contributed by atoms with Crippen LogP contribution in [0, 0.1) is 11.8 Å². The zero-order valence-corrected chi connectivity index (χ0v) is 16.0. The van der Waals surface area contributed by atoms with Crippen LogP contribution in [-0.4, -0.2) is 38.1 Å². The molecule has 2 atom stereocenters. The summed E-state index contributed by atoms with van der Waals surface area (Å²) < 4.78 is 15.9. The maximum absolute atomic E-state index is 9.94. The van der Waals surface area contributed by atoms with E-state index in [1.165, 1.54) is 14.2 Å². The molecule has 0 radical (unpaired) electrons. The topological polar surface area (TPSA) is 68.2 Å². The molecule has 0 heterocycles. The van der Waals surface area contributed by atoms with Gasteiger partial charge in [-0.15, -0.1) is 0 Å². The van der Waals surface area contributed by atoms with Crippen molar-refractivity contribution in [2.45, 2.75) is 19.8 Å². The first kappa shape index (κ1) is 19.9. The van der Waals surface area contributed by atoms with E-state index in [4.69, 9.17) is 14.2 Å². The molecule has 2 rings (SSSR count). The molecule has 2 aromatic carbocycles. The largest absolute Gasteiger partial charge is 0.504 e. The summed E-state index contributed by atoms with van der Waals surface area (Å²) in [4.78, 5) is 0. The summed E-state index contributed by atoms with van der Waals surface area (Å²) in [5.74, 6) is 1.63. The number of ether oxygens (including phenoxy) is 3. The molecule has 5 nitrogen and oxygen atoms in total. The highest BCUT2D eigenvalue weighted by Gasteiger charge is 2.27. The van der Waals surface area contributed by atoms with Crippen molar-refractivity contribution in [2.75, 3.05) is 27.9 Å². The molecule has 0 aliphatic heterocycles. The van der Waals surface area contributed by atoms with Gasteiger partial charge in [0.2, 0.25) is 0 Å². The van der Waals surface area contributed by atoms with Crippen molar-refractivity contribution < 1.29 is 24.4 Å². The van der Waals surface area contributed by atoms with Crippen molar-refractivity contribution in [2.24, 2.45) is 11.8 Å². The summed E-state index contributed by atoms with van der Waals surface area (Å²) in [6, 6.07) is 10.8. The SMILES string of the molecule is COC[C@@H](C)[C@H](C)C(c1ccc(O)c(OC)c1)c1ccc(O)c(OC)c1. The van der Waals surface area contributed by atoms with E-state index in [2.05, 4.69) is 13.8 Å². The lowest BCUT2D eigenvalue weighted by molar-refractivity contribution is 0.129. The van der Waals surface area contributed by atoms with Gasteiger partial charge in [0, 0.05) is 19.6 Å².